The summed E-state index contributed by atoms with van der Waals surface area (Å²) in [7, 11) is 0. The molecule has 0 heterocycles. The first kappa shape index (κ1) is 21.6. The van der Waals surface area contributed by atoms with Crippen LogP contribution in [0.2, 0.25) is 0 Å². The molecule has 160 valence electrons. The van der Waals surface area contributed by atoms with Crippen molar-refractivity contribution in [2.24, 2.45) is 0 Å². The molecule has 1 aliphatic carbocycles. The summed E-state index contributed by atoms with van der Waals surface area (Å²) < 4.78 is 5.98. The predicted molar refractivity (Wildman–Crippen MR) is 114 cm³/mol. The number of carbonyl (C=O) groups excluding carboxylic acids is 1. The van der Waals surface area contributed by atoms with E-state index in [1.807, 2.05) is 54.6 Å². The third-order valence-corrected chi connectivity index (χ3v) is 5.19. The standard InChI is InChI=1S/C23H28N2O5/c26-21(14-7-15-22(27)28)25-19-12-6-11-18(23(19)29)24-17-10-4-5-13-20(17)30-16-8-2-1-3-9-16/h1-5,8-10,13,18-19,23-24,29H,6-7,11-12,14-15H2,(H,25,26)(H,27,28)/t18-,19-,23+/m1/s1. The zero-order valence-electron chi connectivity index (χ0n) is 16.8. The number of aliphatic hydroxyl groups excluding tert-OH is 1. The monoisotopic (exact) mass is 412 g/mol. The molecule has 0 bridgehead atoms. The van der Waals surface area contributed by atoms with Gasteiger partial charge in [0.2, 0.25) is 5.91 Å². The highest BCUT2D eigenvalue weighted by Gasteiger charge is 2.33. The number of para-hydroxylation sites is 3. The van der Waals surface area contributed by atoms with Crippen LogP contribution in [0.1, 0.15) is 38.5 Å². The van der Waals surface area contributed by atoms with Gasteiger partial charge in [-0.05, 0) is 49.9 Å². The number of rotatable bonds is 9. The number of amides is 1. The number of aliphatic hydroxyl groups is 1. The smallest absolute Gasteiger partial charge is 0.303 e. The first-order valence-corrected chi connectivity index (χ1v) is 10.3. The summed E-state index contributed by atoms with van der Waals surface area (Å²) in [5, 5.41) is 25.7. The Hall–Kier alpha value is -3.06. The minimum absolute atomic E-state index is 0.0387. The number of benzene rings is 2. The van der Waals surface area contributed by atoms with Crippen LogP contribution in [0, 0.1) is 0 Å². The van der Waals surface area contributed by atoms with Gasteiger partial charge in [-0.1, -0.05) is 30.3 Å². The van der Waals surface area contributed by atoms with Crippen LogP contribution in [0.5, 0.6) is 11.5 Å². The van der Waals surface area contributed by atoms with Gasteiger partial charge in [0.1, 0.15) is 5.75 Å². The molecular weight excluding hydrogens is 384 g/mol. The summed E-state index contributed by atoms with van der Waals surface area (Å²) in [6.07, 6.45) is 1.95. The third-order valence-electron chi connectivity index (χ3n) is 5.19. The zero-order chi connectivity index (χ0) is 21.3. The number of aliphatic carboxylic acids is 1. The highest BCUT2D eigenvalue weighted by molar-refractivity contribution is 5.77. The van der Waals surface area contributed by atoms with E-state index in [2.05, 4.69) is 10.6 Å². The van der Waals surface area contributed by atoms with Crippen molar-refractivity contribution in [2.45, 2.75) is 56.7 Å². The van der Waals surface area contributed by atoms with E-state index in [9.17, 15) is 14.7 Å². The molecule has 1 saturated carbocycles. The van der Waals surface area contributed by atoms with E-state index in [1.54, 1.807) is 0 Å². The lowest BCUT2D eigenvalue weighted by atomic mass is 9.87. The summed E-state index contributed by atoms with van der Waals surface area (Å²) in [5.41, 5.74) is 0.777. The van der Waals surface area contributed by atoms with Crippen molar-refractivity contribution in [3.63, 3.8) is 0 Å². The molecule has 7 nitrogen and oxygen atoms in total. The molecule has 2 aromatic rings. The number of carboxylic acids is 1. The van der Waals surface area contributed by atoms with E-state index in [0.717, 1.165) is 24.3 Å². The first-order chi connectivity index (χ1) is 14.5. The van der Waals surface area contributed by atoms with Crippen LogP contribution in [0.3, 0.4) is 0 Å². The maximum absolute atomic E-state index is 12.1. The predicted octanol–water partition coefficient (Wildman–Crippen LogP) is 3.54. The summed E-state index contributed by atoms with van der Waals surface area (Å²) in [4.78, 5) is 22.7. The Kier molecular flexibility index (Phi) is 7.68. The number of hydrogen-bond donors (Lipinski definition) is 4. The van der Waals surface area contributed by atoms with Crippen LogP contribution in [-0.2, 0) is 9.59 Å². The van der Waals surface area contributed by atoms with Gasteiger partial charge >= 0.3 is 5.97 Å². The maximum Gasteiger partial charge on any atom is 0.303 e. The Morgan fingerprint density at radius 3 is 2.43 bits per heavy atom. The Labute approximate surface area is 176 Å². The summed E-state index contributed by atoms with van der Waals surface area (Å²) >= 11 is 0. The second kappa shape index (κ2) is 10.6. The SMILES string of the molecule is O=C(O)CCCC(=O)N[C@@H]1CCC[C@@H](Nc2ccccc2Oc2ccccc2)[C@@H]1O. The van der Waals surface area contributed by atoms with Gasteiger partial charge in [0.05, 0.1) is 23.9 Å². The highest BCUT2D eigenvalue weighted by Crippen LogP contribution is 2.32. The quantitative estimate of drug-likeness (QED) is 0.502. The van der Waals surface area contributed by atoms with E-state index in [1.165, 1.54) is 0 Å². The van der Waals surface area contributed by atoms with E-state index < -0.39 is 12.1 Å². The highest BCUT2D eigenvalue weighted by atomic mass is 16.5. The molecule has 0 spiro atoms. The second-order valence-corrected chi connectivity index (χ2v) is 7.50. The van der Waals surface area contributed by atoms with E-state index in [-0.39, 0.29) is 37.3 Å². The van der Waals surface area contributed by atoms with Gasteiger partial charge in [-0.15, -0.1) is 0 Å². The lowest BCUT2D eigenvalue weighted by molar-refractivity contribution is -0.137. The van der Waals surface area contributed by atoms with Crippen LogP contribution >= 0.6 is 0 Å². The first-order valence-electron chi connectivity index (χ1n) is 10.3. The van der Waals surface area contributed by atoms with Gasteiger partial charge in [0.25, 0.3) is 0 Å². The Balaban J connectivity index is 1.60. The molecular formula is C23H28N2O5. The molecule has 1 fully saturated rings. The largest absolute Gasteiger partial charge is 0.481 e. The number of carbonyl (C=O) groups is 2. The molecule has 0 aliphatic heterocycles. The fourth-order valence-corrected chi connectivity index (χ4v) is 3.66. The van der Waals surface area contributed by atoms with Crippen LogP contribution in [0.15, 0.2) is 54.6 Å². The molecule has 2 aromatic carbocycles. The van der Waals surface area contributed by atoms with Crippen LogP contribution in [-0.4, -0.2) is 40.3 Å². The van der Waals surface area contributed by atoms with E-state index in [0.29, 0.717) is 12.2 Å². The van der Waals surface area contributed by atoms with Crippen molar-refractivity contribution in [1.82, 2.24) is 5.32 Å². The van der Waals surface area contributed by atoms with Crippen LogP contribution < -0.4 is 15.4 Å². The molecule has 0 radical (unpaired) electrons. The van der Waals surface area contributed by atoms with Crippen molar-refractivity contribution in [1.29, 1.82) is 0 Å². The fourth-order valence-electron chi connectivity index (χ4n) is 3.66. The van der Waals surface area contributed by atoms with Crippen molar-refractivity contribution >= 4 is 17.6 Å². The minimum atomic E-state index is -0.916. The Morgan fingerprint density at radius 1 is 0.967 bits per heavy atom. The van der Waals surface area contributed by atoms with Crippen LogP contribution in [0.4, 0.5) is 5.69 Å². The number of hydrogen-bond acceptors (Lipinski definition) is 5. The number of anilines is 1. The molecule has 7 heteroatoms. The van der Waals surface area contributed by atoms with Crippen molar-refractivity contribution in [2.75, 3.05) is 5.32 Å². The molecule has 3 rings (SSSR count). The summed E-state index contributed by atoms with van der Waals surface area (Å²) in [6, 6.07) is 16.4. The number of carboxylic acid groups (broad SMARTS) is 1. The van der Waals surface area contributed by atoms with Crippen molar-refractivity contribution in [3.8, 4) is 11.5 Å². The Bertz CT molecular complexity index is 842. The van der Waals surface area contributed by atoms with Gasteiger partial charge in [-0.25, -0.2) is 0 Å². The minimum Gasteiger partial charge on any atom is -0.481 e. The fraction of sp³-hybridized carbons (Fsp3) is 0.391. The lowest BCUT2D eigenvalue weighted by Gasteiger charge is -2.36. The molecule has 0 aromatic heterocycles. The van der Waals surface area contributed by atoms with Crippen LogP contribution in [0.25, 0.3) is 0 Å². The molecule has 1 aliphatic rings. The topological polar surface area (TPSA) is 108 Å². The van der Waals surface area contributed by atoms with E-state index >= 15 is 0 Å². The summed E-state index contributed by atoms with van der Waals surface area (Å²) in [5.74, 6) is 0.244. The normalized spacial score (nSPS) is 20.9. The Morgan fingerprint density at radius 2 is 1.67 bits per heavy atom. The van der Waals surface area contributed by atoms with E-state index in [4.69, 9.17) is 9.84 Å². The zero-order valence-corrected chi connectivity index (χ0v) is 16.8. The van der Waals surface area contributed by atoms with Crippen molar-refractivity contribution in [3.05, 3.63) is 54.6 Å². The number of ether oxygens (including phenoxy) is 1. The molecule has 4 N–H and O–H groups in total. The number of nitrogens with one attached hydrogen (secondary N) is 2. The lowest BCUT2D eigenvalue weighted by Crippen LogP contribution is -2.53. The molecule has 0 saturated heterocycles. The molecule has 0 unspecified atom stereocenters. The summed E-state index contributed by atoms with van der Waals surface area (Å²) in [6.45, 7) is 0. The van der Waals surface area contributed by atoms with Gasteiger partial charge in [0.15, 0.2) is 5.75 Å². The average molecular weight is 412 g/mol. The second-order valence-electron chi connectivity index (χ2n) is 7.50. The van der Waals surface area contributed by atoms with Gasteiger partial charge in [-0.3, -0.25) is 9.59 Å². The van der Waals surface area contributed by atoms with Gasteiger partial charge in [0, 0.05) is 12.8 Å². The van der Waals surface area contributed by atoms with Crippen molar-refractivity contribution < 1.29 is 24.5 Å². The van der Waals surface area contributed by atoms with Gasteiger partial charge in [-0.2, -0.15) is 0 Å². The van der Waals surface area contributed by atoms with Gasteiger partial charge < -0.3 is 25.6 Å². The molecule has 1 amide bonds. The molecule has 30 heavy (non-hydrogen) atoms. The maximum atomic E-state index is 12.1. The third kappa shape index (κ3) is 6.22. The average Bonchev–Trinajstić information content (AvgIpc) is 2.73. The molecule has 3 atom stereocenters.